The monoisotopic (exact) mass is 846 g/mol. The van der Waals surface area contributed by atoms with Gasteiger partial charge in [0.2, 0.25) is 0 Å². The van der Waals surface area contributed by atoms with Crippen LogP contribution in [0.25, 0.3) is 0 Å². The molecule has 0 saturated carbocycles. The molecule has 0 aliphatic heterocycles. The van der Waals surface area contributed by atoms with Crippen molar-refractivity contribution in [3.05, 3.63) is 85.1 Å². The smallest absolute Gasteiger partial charge is 0.457 e. The van der Waals surface area contributed by atoms with Crippen molar-refractivity contribution in [2.45, 2.75) is 193 Å². The van der Waals surface area contributed by atoms with Crippen LogP contribution in [0.2, 0.25) is 0 Å². The highest BCUT2D eigenvalue weighted by atomic mass is 31.2. The molecule has 9 heteroatoms. The van der Waals surface area contributed by atoms with Crippen LogP contribution in [0.4, 0.5) is 0 Å². The van der Waals surface area contributed by atoms with Crippen molar-refractivity contribution in [3.8, 4) is 0 Å². The minimum Gasteiger partial charge on any atom is -0.457 e. The van der Waals surface area contributed by atoms with E-state index in [0.717, 1.165) is 96.3 Å². The topological polar surface area (TPSA) is 117 Å². The summed E-state index contributed by atoms with van der Waals surface area (Å²) in [4.78, 5) is 22.5. The van der Waals surface area contributed by atoms with Gasteiger partial charge in [-0.05, 0) is 89.9 Å². The molecule has 0 radical (unpaired) electrons. The number of phosphoric acid groups is 1. The summed E-state index contributed by atoms with van der Waals surface area (Å²) in [5, 5.41) is 0. The van der Waals surface area contributed by atoms with E-state index < -0.39 is 13.9 Å². The molecule has 0 aliphatic rings. The summed E-state index contributed by atoms with van der Waals surface area (Å²) in [5.41, 5.74) is 5.38. The highest BCUT2D eigenvalue weighted by Crippen LogP contribution is 2.43. The Morgan fingerprint density at radius 1 is 0.525 bits per heavy atom. The third-order valence-electron chi connectivity index (χ3n) is 9.55. The van der Waals surface area contributed by atoms with Crippen molar-refractivity contribution in [1.29, 1.82) is 0 Å². The SMILES string of the molecule is CC/C=C\C/C=C\C/C=C\C/C=C\C/C=C\CCCCCCCCCC(=O)OC(COCCCCCCCC/C=C\C/C=C\CCCCCC)COP(=O)(O)OCCN. The zero-order valence-corrected chi connectivity index (χ0v) is 38.6. The first-order valence-corrected chi connectivity index (χ1v) is 25.1. The van der Waals surface area contributed by atoms with Crippen molar-refractivity contribution < 1.29 is 32.8 Å². The van der Waals surface area contributed by atoms with Crippen LogP contribution in [-0.2, 0) is 27.9 Å². The molecule has 59 heavy (non-hydrogen) atoms. The summed E-state index contributed by atoms with van der Waals surface area (Å²) in [6, 6.07) is 0. The third-order valence-corrected chi connectivity index (χ3v) is 10.5. The quantitative estimate of drug-likeness (QED) is 0.0269. The Kier molecular flexibility index (Phi) is 44.9. The molecule has 0 amide bonds. The van der Waals surface area contributed by atoms with E-state index in [1.54, 1.807) is 0 Å². The van der Waals surface area contributed by atoms with E-state index in [1.165, 1.54) is 70.6 Å². The van der Waals surface area contributed by atoms with Crippen LogP contribution in [0.15, 0.2) is 85.1 Å². The number of hydrogen-bond donors (Lipinski definition) is 2. The number of allylic oxidation sites excluding steroid dienone is 14. The molecule has 0 rings (SSSR count). The van der Waals surface area contributed by atoms with Crippen molar-refractivity contribution >= 4 is 13.8 Å². The molecule has 8 nitrogen and oxygen atoms in total. The van der Waals surface area contributed by atoms with E-state index >= 15 is 0 Å². The molecular formula is C50H88NO7P. The fourth-order valence-electron chi connectivity index (χ4n) is 6.11. The molecule has 0 aliphatic carbocycles. The molecule has 0 aromatic heterocycles. The normalized spacial score (nSPS) is 14.2. The third kappa shape index (κ3) is 46.6. The zero-order chi connectivity index (χ0) is 43.0. The van der Waals surface area contributed by atoms with Gasteiger partial charge in [-0.15, -0.1) is 0 Å². The molecule has 3 N–H and O–H groups in total. The summed E-state index contributed by atoms with van der Waals surface area (Å²) < 4.78 is 33.5. The molecule has 0 bridgehead atoms. The van der Waals surface area contributed by atoms with Gasteiger partial charge in [0, 0.05) is 19.6 Å². The lowest BCUT2D eigenvalue weighted by Crippen LogP contribution is -2.28. The van der Waals surface area contributed by atoms with Gasteiger partial charge in [-0.3, -0.25) is 13.8 Å². The van der Waals surface area contributed by atoms with Crippen molar-refractivity contribution in [2.24, 2.45) is 5.73 Å². The van der Waals surface area contributed by atoms with Gasteiger partial charge in [-0.1, -0.05) is 176 Å². The van der Waals surface area contributed by atoms with Crippen molar-refractivity contribution in [3.63, 3.8) is 0 Å². The largest absolute Gasteiger partial charge is 0.472 e. The number of carbonyl (C=O) groups is 1. The predicted molar refractivity (Wildman–Crippen MR) is 251 cm³/mol. The molecule has 0 fully saturated rings. The number of unbranched alkanes of at least 4 members (excludes halogenated alkanes) is 17. The summed E-state index contributed by atoms with van der Waals surface area (Å²) in [5.74, 6) is -0.348. The van der Waals surface area contributed by atoms with E-state index in [-0.39, 0.29) is 32.3 Å². The second-order valence-corrected chi connectivity index (χ2v) is 16.7. The van der Waals surface area contributed by atoms with Crippen LogP contribution in [0, 0.1) is 0 Å². The molecule has 0 aromatic rings. The van der Waals surface area contributed by atoms with Gasteiger partial charge in [0.25, 0.3) is 0 Å². The lowest BCUT2D eigenvalue weighted by Gasteiger charge is -2.20. The fraction of sp³-hybridized carbons (Fsp3) is 0.700. The zero-order valence-electron chi connectivity index (χ0n) is 37.7. The first-order valence-electron chi connectivity index (χ1n) is 23.6. The minimum atomic E-state index is -4.29. The Hall–Kier alpha value is -2.32. The minimum absolute atomic E-state index is 0.0920. The van der Waals surface area contributed by atoms with Gasteiger partial charge in [-0.25, -0.2) is 4.57 Å². The number of hydrogen-bond acceptors (Lipinski definition) is 7. The molecule has 2 unspecified atom stereocenters. The maximum atomic E-state index is 12.6. The Morgan fingerprint density at radius 3 is 1.42 bits per heavy atom. The van der Waals surface area contributed by atoms with Crippen molar-refractivity contribution in [1.82, 2.24) is 0 Å². The summed E-state index contributed by atoms with van der Waals surface area (Å²) in [6.07, 6.45) is 60.3. The summed E-state index contributed by atoms with van der Waals surface area (Å²) in [7, 11) is -4.29. The van der Waals surface area contributed by atoms with Crippen molar-refractivity contribution in [2.75, 3.05) is 33.0 Å². The number of esters is 1. The van der Waals surface area contributed by atoms with Gasteiger partial charge in [0.1, 0.15) is 6.10 Å². The Morgan fingerprint density at radius 2 is 0.949 bits per heavy atom. The number of ether oxygens (including phenoxy) is 2. The maximum absolute atomic E-state index is 12.6. The Bertz CT molecular complexity index is 1180. The van der Waals surface area contributed by atoms with E-state index in [0.29, 0.717) is 13.0 Å². The highest BCUT2D eigenvalue weighted by molar-refractivity contribution is 7.47. The summed E-state index contributed by atoms with van der Waals surface area (Å²) in [6.45, 7) is 4.74. The molecular weight excluding hydrogens is 758 g/mol. The first kappa shape index (κ1) is 56.7. The molecule has 0 spiro atoms. The van der Waals surface area contributed by atoms with Crippen LogP contribution in [-0.4, -0.2) is 49.9 Å². The fourth-order valence-corrected chi connectivity index (χ4v) is 6.88. The first-order chi connectivity index (χ1) is 28.9. The highest BCUT2D eigenvalue weighted by Gasteiger charge is 2.25. The number of phosphoric ester groups is 1. The second-order valence-electron chi connectivity index (χ2n) is 15.2. The van der Waals surface area contributed by atoms with Gasteiger partial charge in [0.15, 0.2) is 0 Å². The van der Waals surface area contributed by atoms with Crippen LogP contribution in [0.3, 0.4) is 0 Å². The van der Waals surface area contributed by atoms with Gasteiger partial charge in [0.05, 0.1) is 19.8 Å². The van der Waals surface area contributed by atoms with E-state index in [2.05, 4.69) is 98.9 Å². The molecule has 2 atom stereocenters. The average Bonchev–Trinajstić information content (AvgIpc) is 3.23. The van der Waals surface area contributed by atoms with Gasteiger partial charge >= 0.3 is 13.8 Å². The second kappa shape index (κ2) is 46.7. The number of rotatable bonds is 44. The number of nitrogens with two attached hydrogens (primary N) is 1. The van der Waals surface area contributed by atoms with E-state index in [4.69, 9.17) is 24.3 Å². The Balaban J connectivity index is 4.06. The van der Waals surface area contributed by atoms with Crippen LogP contribution < -0.4 is 5.73 Å². The van der Waals surface area contributed by atoms with Gasteiger partial charge in [-0.2, -0.15) is 0 Å². The molecule has 340 valence electrons. The maximum Gasteiger partial charge on any atom is 0.472 e. The van der Waals surface area contributed by atoms with E-state index in [9.17, 15) is 14.3 Å². The number of carbonyl (C=O) groups excluding carboxylic acids is 1. The molecule has 0 heterocycles. The van der Waals surface area contributed by atoms with Gasteiger partial charge < -0.3 is 20.1 Å². The van der Waals surface area contributed by atoms with E-state index in [1.807, 2.05) is 0 Å². The standard InChI is InChI=1S/C50H88NO7P/c1-3-5-7-9-11-13-15-17-19-21-22-23-24-25-26-27-29-31-33-35-37-39-41-43-50(52)58-49(48-57-59(53,54)56-46-44-51)47-55-45-42-40-38-36-34-32-30-28-20-18-16-14-12-10-8-6-4-2/h5,7,11,13-14,16-17,19-20,22-23,25-26,28,49H,3-4,6,8-10,12,15,18,21,24,27,29-48,51H2,1-2H3,(H,53,54)/b7-5-,13-11-,16-14-,19-17-,23-22-,26-25-,28-20-. The molecule has 0 aromatic carbocycles. The van der Waals surface area contributed by atoms with Crippen LogP contribution >= 0.6 is 7.82 Å². The lowest BCUT2D eigenvalue weighted by atomic mass is 10.1. The summed E-state index contributed by atoms with van der Waals surface area (Å²) >= 11 is 0. The molecule has 0 saturated heterocycles. The predicted octanol–water partition coefficient (Wildman–Crippen LogP) is 14.5. The lowest BCUT2D eigenvalue weighted by molar-refractivity contribution is -0.154. The Labute approximate surface area is 362 Å². The van der Waals surface area contributed by atoms with Crippen LogP contribution in [0.1, 0.15) is 187 Å². The van der Waals surface area contributed by atoms with Crippen LogP contribution in [0.5, 0.6) is 0 Å². The average molecular weight is 846 g/mol.